The van der Waals surface area contributed by atoms with Crippen molar-refractivity contribution in [1.29, 1.82) is 0 Å². The first-order valence-corrected chi connectivity index (χ1v) is 12.8. The first-order chi connectivity index (χ1) is 15.9. The highest BCUT2D eigenvalue weighted by Gasteiger charge is 2.46. The Morgan fingerprint density at radius 1 is 1.18 bits per heavy atom. The molecule has 0 aromatic heterocycles. The fourth-order valence-corrected chi connectivity index (χ4v) is 5.79. The summed E-state index contributed by atoms with van der Waals surface area (Å²) in [6.45, 7) is 10.7. The van der Waals surface area contributed by atoms with E-state index in [1.165, 1.54) is 0 Å². The molecule has 0 spiro atoms. The van der Waals surface area contributed by atoms with E-state index in [0.29, 0.717) is 28.9 Å². The lowest BCUT2D eigenvalue weighted by atomic mass is 9.85. The van der Waals surface area contributed by atoms with Crippen molar-refractivity contribution in [1.82, 2.24) is 4.90 Å². The standard InChI is InChI=1S/C26H32N2O5S/c1-17-14-19(25(3,4)5)15-23(18(17)2)34(31,32)27-22-16-24-26(30,21-9-7-6-8-20(21)22)33-13-11-28(24)10-12-29/h6-9,14-16,29-30H,10-13H2,1-5H3/t26-/m1/s1. The van der Waals surface area contributed by atoms with E-state index in [0.717, 1.165) is 11.1 Å². The number of aryl methyl sites for hydroxylation is 1. The highest BCUT2D eigenvalue weighted by atomic mass is 32.2. The van der Waals surface area contributed by atoms with Crippen LogP contribution in [0.1, 0.15) is 48.6 Å². The maximum Gasteiger partial charge on any atom is 0.283 e. The van der Waals surface area contributed by atoms with Gasteiger partial charge in [-0.2, -0.15) is 12.8 Å². The number of nitrogens with zero attached hydrogens (tertiary/aromatic N) is 2. The number of rotatable bonds is 4. The van der Waals surface area contributed by atoms with Gasteiger partial charge in [0.25, 0.3) is 10.0 Å². The second-order valence-electron chi connectivity index (χ2n) is 9.90. The predicted molar refractivity (Wildman–Crippen MR) is 131 cm³/mol. The van der Waals surface area contributed by atoms with Crippen LogP contribution in [0.15, 0.2) is 57.5 Å². The molecular weight excluding hydrogens is 452 g/mol. The Morgan fingerprint density at radius 3 is 2.56 bits per heavy atom. The third kappa shape index (κ3) is 4.20. The van der Waals surface area contributed by atoms with Gasteiger partial charge in [0.1, 0.15) is 0 Å². The van der Waals surface area contributed by atoms with Crippen molar-refractivity contribution in [3.63, 3.8) is 0 Å². The van der Waals surface area contributed by atoms with Crippen molar-refractivity contribution >= 4 is 15.7 Å². The van der Waals surface area contributed by atoms with E-state index in [1.807, 2.05) is 33.8 Å². The molecule has 8 heteroatoms. The third-order valence-corrected chi connectivity index (χ3v) is 7.97. The molecule has 1 aliphatic heterocycles. The van der Waals surface area contributed by atoms with Crippen LogP contribution < -0.4 is 0 Å². The number of β-amino-alcohol motifs (C(OH)–C–C–N with tert-alkyl or cyclic N) is 1. The quantitative estimate of drug-likeness (QED) is 0.692. The van der Waals surface area contributed by atoms with Crippen LogP contribution in [-0.4, -0.2) is 55.5 Å². The van der Waals surface area contributed by atoms with E-state index in [2.05, 4.69) is 4.40 Å². The van der Waals surface area contributed by atoms with Gasteiger partial charge in [0.15, 0.2) is 0 Å². The van der Waals surface area contributed by atoms with Crippen LogP contribution in [-0.2, 0) is 26.0 Å². The maximum atomic E-state index is 13.6. The summed E-state index contributed by atoms with van der Waals surface area (Å²) in [5.74, 6) is -1.73. The van der Waals surface area contributed by atoms with Crippen LogP contribution in [0.25, 0.3) is 0 Å². The highest BCUT2D eigenvalue weighted by Crippen LogP contribution is 2.41. The summed E-state index contributed by atoms with van der Waals surface area (Å²) < 4.78 is 37.4. The fraction of sp³-hybridized carbons (Fsp3) is 0.423. The Balaban J connectivity index is 1.92. The monoisotopic (exact) mass is 484 g/mol. The molecule has 4 rings (SSSR count). The summed E-state index contributed by atoms with van der Waals surface area (Å²) in [6.07, 6.45) is 1.56. The maximum absolute atomic E-state index is 13.6. The number of fused-ring (bicyclic) bond motifs is 3. The first-order valence-electron chi connectivity index (χ1n) is 11.4. The van der Waals surface area contributed by atoms with Crippen molar-refractivity contribution in [3.8, 4) is 0 Å². The Labute approximate surface area is 201 Å². The van der Waals surface area contributed by atoms with Gasteiger partial charge in [-0.15, -0.1) is 0 Å². The number of benzene rings is 2. The molecule has 0 saturated carbocycles. The highest BCUT2D eigenvalue weighted by molar-refractivity contribution is 7.90. The molecule has 0 unspecified atom stereocenters. The third-order valence-electron chi connectivity index (χ3n) is 6.55. The average Bonchev–Trinajstić information content (AvgIpc) is 2.76. The van der Waals surface area contributed by atoms with Crippen LogP contribution in [0.3, 0.4) is 0 Å². The Kier molecular flexibility index (Phi) is 6.23. The lowest BCUT2D eigenvalue weighted by Gasteiger charge is -2.45. The SMILES string of the molecule is Cc1cc(C(C)(C)C)cc(S(=O)(=O)N=C2C=C3N(CCO)CCO[C@]3(O)c3ccccc32)c1C. The molecular formula is C26H32N2O5S. The van der Waals surface area contributed by atoms with Crippen LogP contribution in [0.5, 0.6) is 0 Å². The van der Waals surface area contributed by atoms with Crippen LogP contribution in [0, 0.1) is 13.8 Å². The van der Waals surface area contributed by atoms with Gasteiger partial charge in [-0.3, -0.25) is 0 Å². The minimum Gasteiger partial charge on any atom is -0.395 e. The number of hydrogen-bond acceptors (Lipinski definition) is 6. The summed E-state index contributed by atoms with van der Waals surface area (Å²) in [5, 5.41) is 21.0. The van der Waals surface area contributed by atoms with Crippen molar-refractivity contribution < 1.29 is 23.4 Å². The number of sulfonamides is 1. The van der Waals surface area contributed by atoms with Gasteiger partial charge in [0, 0.05) is 24.2 Å². The van der Waals surface area contributed by atoms with Gasteiger partial charge < -0.3 is 19.8 Å². The topological polar surface area (TPSA) is 99.4 Å². The molecule has 182 valence electrons. The molecule has 1 aliphatic carbocycles. The molecule has 0 bridgehead atoms. The van der Waals surface area contributed by atoms with E-state index >= 15 is 0 Å². The molecule has 1 heterocycles. The normalized spacial score (nSPS) is 21.8. The van der Waals surface area contributed by atoms with E-state index < -0.39 is 15.8 Å². The number of hydrogen-bond donors (Lipinski definition) is 2. The number of aliphatic hydroxyl groups is 2. The molecule has 0 amide bonds. The fourth-order valence-electron chi connectivity index (χ4n) is 4.46. The summed E-state index contributed by atoms with van der Waals surface area (Å²) in [4.78, 5) is 1.98. The number of ether oxygens (including phenoxy) is 1. The van der Waals surface area contributed by atoms with E-state index in [-0.39, 0.29) is 35.8 Å². The number of allylic oxidation sites excluding steroid dienone is 1. The number of aliphatic hydroxyl groups excluding tert-OH is 1. The molecule has 2 aliphatic rings. The van der Waals surface area contributed by atoms with E-state index in [9.17, 15) is 18.6 Å². The Bertz CT molecular complexity index is 1290. The smallest absolute Gasteiger partial charge is 0.283 e. The predicted octanol–water partition coefficient (Wildman–Crippen LogP) is 3.15. The van der Waals surface area contributed by atoms with Gasteiger partial charge >= 0.3 is 0 Å². The lowest BCUT2D eigenvalue weighted by molar-refractivity contribution is -0.219. The zero-order valence-corrected chi connectivity index (χ0v) is 21.1. The Morgan fingerprint density at radius 2 is 1.88 bits per heavy atom. The molecule has 1 saturated heterocycles. The van der Waals surface area contributed by atoms with Crippen molar-refractivity contribution in [2.75, 3.05) is 26.3 Å². The molecule has 2 N–H and O–H groups in total. The van der Waals surface area contributed by atoms with Gasteiger partial charge in [-0.05, 0) is 48.1 Å². The van der Waals surface area contributed by atoms with Crippen LogP contribution in [0.4, 0.5) is 0 Å². The van der Waals surface area contributed by atoms with Crippen LogP contribution >= 0.6 is 0 Å². The molecule has 1 atom stereocenters. The molecule has 2 aromatic rings. The van der Waals surface area contributed by atoms with Crippen molar-refractivity contribution in [3.05, 3.63) is 76.0 Å². The van der Waals surface area contributed by atoms with Crippen molar-refractivity contribution in [2.45, 2.75) is 50.7 Å². The largest absolute Gasteiger partial charge is 0.395 e. The summed E-state index contributed by atoms with van der Waals surface area (Å²) >= 11 is 0. The molecule has 34 heavy (non-hydrogen) atoms. The van der Waals surface area contributed by atoms with Gasteiger partial charge in [0.05, 0.1) is 29.5 Å². The Hall–Kier alpha value is -2.52. The average molecular weight is 485 g/mol. The zero-order valence-electron chi connectivity index (χ0n) is 20.3. The summed E-state index contributed by atoms with van der Waals surface area (Å²) in [6, 6.07) is 10.7. The van der Waals surface area contributed by atoms with E-state index in [1.54, 1.807) is 48.2 Å². The minimum absolute atomic E-state index is 0.113. The second kappa shape index (κ2) is 8.61. The van der Waals surface area contributed by atoms with E-state index in [4.69, 9.17) is 4.74 Å². The van der Waals surface area contributed by atoms with Gasteiger partial charge in [-0.1, -0.05) is 51.1 Å². The van der Waals surface area contributed by atoms with Gasteiger partial charge in [-0.25, -0.2) is 0 Å². The molecule has 1 fully saturated rings. The molecule has 2 aromatic carbocycles. The minimum atomic E-state index is -4.07. The lowest BCUT2D eigenvalue weighted by Crippen LogP contribution is -2.50. The first kappa shape index (κ1) is 24.6. The molecule has 7 nitrogen and oxygen atoms in total. The van der Waals surface area contributed by atoms with Crippen LogP contribution in [0.2, 0.25) is 0 Å². The number of morpholine rings is 1. The summed E-state index contributed by atoms with van der Waals surface area (Å²) in [7, 11) is -4.07. The van der Waals surface area contributed by atoms with Gasteiger partial charge in [0.2, 0.25) is 5.79 Å². The second-order valence-corrected chi connectivity index (χ2v) is 11.5. The summed E-state index contributed by atoms with van der Waals surface area (Å²) in [5.41, 5.74) is 3.76. The van der Waals surface area contributed by atoms with Crippen molar-refractivity contribution in [2.24, 2.45) is 4.40 Å². The molecule has 0 radical (unpaired) electrons. The zero-order chi connectivity index (χ0) is 24.9.